The van der Waals surface area contributed by atoms with Crippen molar-refractivity contribution in [2.45, 2.75) is 151 Å². The number of ether oxygens (including phenoxy) is 1. The standard InChI is InChI=1S/C21H32O2.C18H22N2O.2C2H6.CO/c1-15-3-7-17(8-4-15)18-11-13-20(14-12-18)21(23-22)19-9-5-16(2)6-10-19;1-13-3-7-15(8-4-13)16-11-19-18(20-12-16)21-17-9-5-14(2)6-10-17;3*1-2/h11-17,19,21-22H,3-10H2,1-2H3;3-4,7-8,11-12,14,17H,5-6,9-10H2,1-2H3;2*1-2H3;. The number of benzene rings is 2. The molecule has 276 valence electrons. The number of hydrogen-bond donors (Lipinski definition) is 1. The summed E-state index contributed by atoms with van der Waals surface area (Å²) in [6.07, 6.45) is 18.7. The third-order valence-electron chi connectivity index (χ3n) is 10.6. The summed E-state index contributed by atoms with van der Waals surface area (Å²) in [5, 5.41) is 9.44. The zero-order valence-corrected chi connectivity index (χ0v) is 32.4. The van der Waals surface area contributed by atoms with Crippen LogP contribution in [0.15, 0.2) is 60.9 Å². The van der Waals surface area contributed by atoms with Crippen LogP contribution in [-0.4, -0.2) is 21.3 Å². The first-order valence-electron chi connectivity index (χ1n) is 19.5. The fourth-order valence-electron chi connectivity index (χ4n) is 7.33. The van der Waals surface area contributed by atoms with Crippen LogP contribution in [-0.2, 0) is 9.54 Å². The molecule has 1 N–H and O–H groups in total. The fraction of sp³-hybridized carbons (Fsp3) is 0.614. The predicted molar refractivity (Wildman–Crippen MR) is 205 cm³/mol. The van der Waals surface area contributed by atoms with Crippen molar-refractivity contribution >= 4 is 0 Å². The molecule has 50 heavy (non-hydrogen) atoms. The molecule has 6 rings (SSSR count). The van der Waals surface area contributed by atoms with Gasteiger partial charge in [0.15, 0.2) is 0 Å². The maximum atomic E-state index is 9.44. The van der Waals surface area contributed by atoms with E-state index in [1.807, 2.05) is 40.1 Å². The Kier molecular flexibility index (Phi) is 20.9. The molecule has 0 aliphatic heterocycles. The number of nitrogens with zero attached hydrogens (tertiary/aromatic N) is 2. The van der Waals surface area contributed by atoms with Gasteiger partial charge in [0.05, 0.1) is 0 Å². The molecule has 1 atom stereocenters. The maximum absolute atomic E-state index is 9.44. The fourth-order valence-corrected chi connectivity index (χ4v) is 7.33. The molecule has 6 heteroatoms. The molecule has 0 bridgehead atoms. The molecule has 3 aliphatic carbocycles. The van der Waals surface area contributed by atoms with Crippen molar-refractivity contribution in [2.75, 3.05) is 0 Å². The van der Waals surface area contributed by atoms with E-state index >= 15 is 0 Å². The first-order chi connectivity index (χ1) is 24.4. The molecule has 3 aliphatic rings. The molecule has 0 amide bonds. The summed E-state index contributed by atoms with van der Waals surface area (Å²) in [4.78, 5) is 13.6. The van der Waals surface area contributed by atoms with E-state index in [4.69, 9.17) is 14.3 Å². The first-order valence-corrected chi connectivity index (χ1v) is 19.5. The Morgan fingerprint density at radius 3 is 1.58 bits per heavy atom. The predicted octanol–water partition coefficient (Wildman–Crippen LogP) is 12.8. The molecule has 6 nitrogen and oxygen atoms in total. The topological polar surface area (TPSA) is 84.4 Å². The normalized spacial score (nSPS) is 24.9. The van der Waals surface area contributed by atoms with Crippen LogP contribution in [0.3, 0.4) is 0 Å². The molecule has 3 fully saturated rings. The van der Waals surface area contributed by atoms with Gasteiger partial charge in [0.1, 0.15) is 12.2 Å². The molecule has 0 radical (unpaired) electrons. The number of hydrogen-bond acceptors (Lipinski definition) is 5. The second kappa shape index (κ2) is 24.2. The van der Waals surface area contributed by atoms with E-state index in [-0.39, 0.29) is 12.2 Å². The van der Waals surface area contributed by atoms with Crippen molar-refractivity contribution in [3.8, 4) is 17.1 Å². The van der Waals surface area contributed by atoms with Gasteiger partial charge in [-0.3, -0.25) is 5.26 Å². The molecule has 0 spiro atoms. The van der Waals surface area contributed by atoms with E-state index < -0.39 is 0 Å². The van der Waals surface area contributed by atoms with Crippen LogP contribution in [0, 0.1) is 37.2 Å². The Morgan fingerprint density at radius 1 is 0.640 bits per heavy atom. The van der Waals surface area contributed by atoms with Crippen LogP contribution in [0.5, 0.6) is 6.01 Å². The van der Waals surface area contributed by atoms with E-state index in [1.165, 1.54) is 62.5 Å². The minimum atomic E-state index is -0.150. The summed E-state index contributed by atoms with van der Waals surface area (Å²) in [5.74, 6) is 3.73. The van der Waals surface area contributed by atoms with Crippen molar-refractivity contribution in [1.29, 1.82) is 0 Å². The summed E-state index contributed by atoms with van der Waals surface area (Å²) >= 11 is 0. The van der Waals surface area contributed by atoms with Crippen LogP contribution < -0.4 is 4.74 Å². The summed E-state index contributed by atoms with van der Waals surface area (Å²) in [6, 6.07) is 17.8. The molecule has 1 aromatic heterocycles. The van der Waals surface area contributed by atoms with Gasteiger partial charge in [0.25, 0.3) is 0 Å². The Labute approximate surface area is 304 Å². The molecule has 3 saturated carbocycles. The summed E-state index contributed by atoms with van der Waals surface area (Å²) in [6.45, 7) is 21.6. The Hall–Kier alpha value is -3.02. The van der Waals surface area contributed by atoms with Crippen LogP contribution in [0.4, 0.5) is 0 Å². The molecule has 3 aromatic rings. The van der Waals surface area contributed by atoms with Gasteiger partial charge >= 0.3 is 17.3 Å². The van der Waals surface area contributed by atoms with E-state index in [0.29, 0.717) is 11.9 Å². The Balaban J connectivity index is 0.000000303. The quantitative estimate of drug-likeness (QED) is 0.116. The Bertz CT molecular complexity index is 1280. The van der Waals surface area contributed by atoms with E-state index in [1.54, 1.807) is 0 Å². The SMILES string of the molecule is CC.CC.CC1CCC(c2ccc(C(OO)C3CCC(C)CC3)cc2)CC1.Cc1ccc(-c2cnc(OC3CCC(C)CC3)nc2)cc1.[C-]#[O+]. The monoisotopic (exact) mass is 687 g/mol. The number of rotatable bonds is 7. The van der Waals surface area contributed by atoms with Gasteiger partial charge < -0.3 is 4.74 Å². The van der Waals surface area contributed by atoms with Crippen LogP contribution in [0.25, 0.3) is 11.1 Å². The molecule has 0 saturated heterocycles. The van der Waals surface area contributed by atoms with Crippen molar-refractivity contribution in [3.63, 3.8) is 0 Å². The summed E-state index contributed by atoms with van der Waals surface area (Å²) in [5.41, 5.74) is 6.03. The molecule has 1 heterocycles. The van der Waals surface area contributed by atoms with Crippen LogP contribution in [0.1, 0.15) is 154 Å². The van der Waals surface area contributed by atoms with Crippen molar-refractivity contribution in [3.05, 3.63) is 84.3 Å². The van der Waals surface area contributed by atoms with Crippen molar-refractivity contribution < 1.29 is 19.5 Å². The van der Waals surface area contributed by atoms with Gasteiger partial charge in [0, 0.05) is 18.0 Å². The minimum absolute atomic E-state index is 0.150. The zero-order valence-electron chi connectivity index (χ0n) is 32.4. The number of aromatic nitrogens is 2. The van der Waals surface area contributed by atoms with Crippen molar-refractivity contribution in [1.82, 2.24) is 9.97 Å². The Morgan fingerprint density at radius 2 is 1.10 bits per heavy atom. The van der Waals surface area contributed by atoms with Gasteiger partial charge in [-0.25, -0.2) is 14.9 Å². The summed E-state index contributed by atoms with van der Waals surface area (Å²) < 4.78 is 13.4. The van der Waals surface area contributed by atoms with E-state index in [9.17, 15) is 5.26 Å². The number of aryl methyl sites for hydroxylation is 1. The first kappa shape index (κ1) is 43.1. The zero-order chi connectivity index (χ0) is 36.9. The molecular weight excluding hydrogens is 620 g/mol. The van der Waals surface area contributed by atoms with Gasteiger partial charge in [-0.2, -0.15) is 0 Å². The molecule has 1 unspecified atom stereocenters. The summed E-state index contributed by atoms with van der Waals surface area (Å²) in [7, 11) is 0. The van der Waals surface area contributed by atoms with Gasteiger partial charge in [-0.15, -0.1) is 0 Å². The average Bonchev–Trinajstić information content (AvgIpc) is 3.18. The molecular formula is C44H66N2O4. The third kappa shape index (κ3) is 13.9. The van der Waals surface area contributed by atoms with Crippen LogP contribution >= 0.6 is 0 Å². The van der Waals surface area contributed by atoms with Gasteiger partial charge in [-0.05, 0) is 105 Å². The average molecular weight is 687 g/mol. The molecule has 2 aromatic carbocycles. The van der Waals surface area contributed by atoms with E-state index in [2.05, 4.69) is 92.8 Å². The van der Waals surface area contributed by atoms with Gasteiger partial charge in [0.2, 0.25) is 0 Å². The van der Waals surface area contributed by atoms with Crippen LogP contribution in [0.2, 0.25) is 0 Å². The van der Waals surface area contributed by atoms with Crippen molar-refractivity contribution in [2.24, 2.45) is 23.7 Å². The van der Waals surface area contributed by atoms with Gasteiger partial charge in [-0.1, -0.05) is 128 Å². The second-order valence-corrected chi connectivity index (χ2v) is 14.3. The van der Waals surface area contributed by atoms with E-state index in [0.717, 1.165) is 66.0 Å². The third-order valence-corrected chi connectivity index (χ3v) is 10.6. The second-order valence-electron chi connectivity index (χ2n) is 14.3.